The van der Waals surface area contributed by atoms with Crippen LogP contribution < -0.4 is 0 Å². The third-order valence-electron chi connectivity index (χ3n) is 3.82. The first kappa shape index (κ1) is 16.7. The Morgan fingerprint density at radius 1 is 1.21 bits per heavy atom. The lowest BCUT2D eigenvalue weighted by Crippen LogP contribution is -2.45. The molecule has 8 heteroatoms. The normalized spacial score (nSPS) is 19.0. The van der Waals surface area contributed by atoms with Gasteiger partial charge in [-0.25, -0.2) is 9.18 Å². The number of hydrogen-bond donors (Lipinski definition) is 1. The maximum absolute atomic E-state index is 14.0. The van der Waals surface area contributed by atoms with Crippen molar-refractivity contribution < 1.29 is 32.2 Å². The van der Waals surface area contributed by atoms with Gasteiger partial charge >= 0.3 is 12.1 Å². The van der Waals surface area contributed by atoms with E-state index in [0.717, 1.165) is 6.07 Å². The van der Waals surface area contributed by atoms with Crippen LogP contribution in [0, 0.1) is 5.82 Å². The van der Waals surface area contributed by atoms with E-state index >= 15 is 0 Å². The van der Waals surface area contributed by atoms with Crippen LogP contribution in [-0.2, 0) is 15.1 Å². The molecule has 0 radical (unpaired) electrons. The van der Waals surface area contributed by atoms with Crippen LogP contribution in [0.3, 0.4) is 0 Å². The fraction of sp³-hybridized carbons (Fsp3) is 0.188. The number of carboxylic acid groups (broad SMARTS) is 1. The summed E-state index contributed by atoms with van der Waals surface area (Å²) in [6.07, 6.45) is -5.03. The van der Waals surface area contributed by atoms with Gasteiger partial charge in [0.2, 0.25) is 5.60 Å². The van der Waals surface area contributed by atoms with Crippen LogP contribution in [-0.4, -0.2) is 23.9 Å². The molecule has 0 saturated heterocycles. The minimum absolute atomic E-state index is 0.0172. The molecule has 3 nitrogen and oxygen atoms in total. The summed E-state index contributed by atoms with van der Waals surface area (Å²) >= 11 is 5.96. The minimum Gasteiger partial charge on any atom is -0.480 e. The molecule has 0 heterocycles. The smallest absolute Gasteiger partial charge is 0.426 e. The summed E-state index contributed by atoms with van der Waals surface area (Å²) in [5.41, 5.74) is -3.86. The monoisotopic (exact) mass is 360 g/mol. The standard InChI is InChI=1S/C16H9ClF4O3/c17-12-6-8(18)5-11-14(12)9-3-1-2-4-10(9)15(11,16(19,20)21)24-7-13(22)23/h1-6H,7H2,(H,22,23)/t15-/m1/s1. The number of hydrogen-bond acceptors (Lipinski definition) is 2. The summed E-state index contributed by atoms with van der Waals surface area (Å²) in [6, 6.07) is 7.01. The van der Waals surface area contributed by atoms with Crippen molar-refractivity contribution in [2.45, 2.75) is 11.8 Å². The minimum atomic E-state index is -5.03. The molecule has 1 atom stereocenters. The number of halogens is 5. The molecule has 2 aromatic carbocycles. The summed E-state index contributed by atoms with van der Waals surface area (Å²) in [5, 5.41) is 8.56. The molecule has 0 fully saturated rings. The van der Waals surface area contributed by atoms with Crippen LogP contribution in [0.1, 0.15) is 11.1 Å². The first-order valence-corrected chi connectivity index (χ1v) is 7.08. The molecule has 24 heavy (non-hydrogen) atoms. The third kappa shape index (κ3) is 2.27. The largest absolute Gasteiger partial charge is 0.480 e. The maximum atomic E-state index is 14.0. The van der Waals surface area contributed by atoms with Gasteiger partial charge in [-0.3, -0.25) is 0 Å². The maximum Gasteiger partial charge on any atom is 0.426 e. The fourth-order valence-electron chi connectivity index (χ4n) is 2.99. The Morgan fingerprint density at radius 3 is 2.50 bits per heavy atom. The molecule has 0 bridgehead atoms. The van der Waals surface area contributed by atoms with Crippen molar-refractivity contribution in [2.75, 3.05) is 6.61 Å². The number of carbonyl (C=O) groups is 1. The molecule has 2 aromatic rings. The Labute approximate surface area is 138 Å². The summed E-state index contributed by atoms with van der Waals surface area (Å²) < 4.78 is 60.6. The van der Waals surface area contributed by atoms with E-state index in [4.69, 9.17) is 21.4 Å². The summed E-state index contributed by atoms with van der Waals surface area (Å²) in [7, 11) is 0. The SMILES string of the molecule is O=C(O)CO[C@]1(C(F)(F)F)c2ccccc2-c2c(Cl)cc(F)cc21. The van der Waals surface area contributed by atoms with Crippen molar-refractivity contribution in [1.82, 2.24) is 0 Å². The van der Waals surface area contributed by atoms with Crippen LogP contribution in [0.25, 0.3) is 11.1 Å². The predicted molar refractivity (Wildman–Crippen MR) is 77.3 cm³/mol. The van der Waals surface area contributed by atoms with Gasteiger partial charge in [-0.1, -0.05) is 35.9 Å². The summed E-state index contributed by atoms with van der Waals surface area (Å²) in [6.45, 7) is -1.21. The Morgan fingerprint density at radius 2 is 1.88 bits per heavy atom. The van der Waals surface area contributed by atoms with Gasteiger partial charge in [0.05, 0.1) is 5.02 Å². The Kier molecular flexibility index (Phi) is 3.80. The van der Waals surface area contributed by atoms with Crippen LogP contribution >= 0.6 is 11.6 Å². The number of ether oxygens (including phenoxy) is 1. The molecule has 1 aliphatic carbocycles. The van der Waals surface area contributed by atoms with E-state index in [1.807, 2.05) is 0 Å². The molecule has 1 aliphatic rings. The highest BCUT2D eigenvalue weighted by Crippen LogP contribution is 2.58. The van der Waals surface area contributed by atoms with Crippen molar-refractivity contribution in [1.29, 1.82) is 0 Å². The fourth-order valence-corrected chi connectivity index (χ4v) is 3.30. The molecule has 0 saturated carbocycles. The lowest BCUT2D eigenvalue weighted by molar-refractivity contribution is -0.264. The molecular formula is C16H9ClF4O3. The number of alkyl halides is 3. The second-order valence-electron chi connectivity index (χ2n) is 5.22. The van der Waals surface area contributed by atoms with Crippen LogP contribution in [0.15, 0.2) is 36.4 Å². The molecule has 0 aromatic heterocycles. The Hall–Kier alpha value is -2.12. The van der Waals surface area contributed by atoms with Gasteiger partial charge in [0.1, 0.15) is 12.4 Å². The molecule has 0 amide bonds. The first-order valence-electron chi connectivity index (χ1n) is 6.70. The van der Waals surface area contributed by atoms with Crippen molar-refractivity contribution in [2.24, 2.45) is 0 Å². The zero-order valence-corrected chi connectivity index (χ0v) is 12.6. The molecule has 0 spiro atoms. The first-order chi connectivity index (χ1) is 11.2. The van der Waals surface area contributed by atoms with E-state index in [-0.39, 0.29) is 21.7 Å². The molecular weight excluding hydrogens is 352 g/mol. The average molecular weight is 361 g/mol. The topological polar surface area (TPSA) is 46.5 Å². The molecule has 126 valence electrons. The van der Waals surface area contributed by atoms with E-state index in [2.05, 4.69) is 0 Å². The van der Waals surface area contributed by atoms with Crippen molar-refractivity contribution in [3.8, 4) is 11.1 Å². The zero-order valence-electron chi connectivity index (χ0n) is 11.8. The van der Waals surface area contributed by atoms with Gasteiger partial charge in [-0.15, -0.1) is 0 Å². The van der Waals surface area contributed by atoms with E-state index in [1.54, 1.807) is 0 Å². The van der Waals surface area contributed by atoms with Gasteiger partial charge in [0.25, 0.3) is 0 Å². The van der Waals surface area contributed by atoms with E-state index in [1.165, 1.54) is 24.3 Å². The van der Waals surface area contributed by atoms with Gasteiger partial charge in [0, 0.05) is 16.7 Å². The number of fused-ring (bicyclic) bond motifs is 3. The van der Waals surface area contributed by atoms with E-state index in [0.29, 0.717) is 6.07 Å². The summed E-state index contributed by atoms with van der Waals surface area (Å²) in [4.78, 5) is 10.8. The molecule has 0 aliphatic heterocycles. The van der Waals surface area contributed by atoms with Gasteiger partial charge in [-0.2, -0.15) is 13.2 Å². The highest BCUT2D eigenvalue weighted by atomic mass is 35.5. The highest BCUT2D eigenvalue weighted by molar-refractivity contribution is 6.33. The van der Waals surface area contributed by atoms with Crippen molar-refractivity contribution >= 4 is 17.6 Å². The average Bonchev–Trinajstić information content (AvgIpc) is 2.75. The quantitative estimate of drug-likeness (QED) is 0.827. The summed E-state index contributed by atoms with van der Waals surface area (Å²) in [5.74, 6) is -2.55. The zero-order chi connectivity index (χ0) is 17.7. The number of benzene rings is 2. The predicted octanol–water partition coefficient (Wildman–Crippen LogP) is 4.37. The molecule has 3 rings (SSSR count). The Bertz CT molecular complexity index is 835. The molecule has 1 N–H and O–H groups in total. The van der Waals surface area contributed by atoms with Crippen molar-refractivity contribution in [3.63, 3.8) is 0 Å². The second-order valence-corrected chi connectivity index (χ2v) is 5.62. The second kappa shape index (κ2) is 5.46. The molecule has 0 unspecified atom stereocenters. The van der Waals surface area contributed by atoms with Crippen LogP contribution in [0.2, 0.25) is 5.02 Å². The van der Waals surface area contributed by atoms with E-state index < -0.39 is 35.7 Å². The Balaban J connectivity index is 2.39. The highest BCUT2D eigenvalue weighted by Gasteiger charge is 2.63. The van der Waals surface area contributed by atoms with E-state index in [9.17, 15) is 22.4 Å². The number of aliphatic carboxylic acids is 1. The lowest BCUT2D eigenvalue weighted by Gasteiger charge is -2.33. The van der Waals surface area contributed by atoms with Gasteiger partial charge < -0.3 is 9.84 Å². The van der Waals surface area contributed by atoms with Crippen molar-refractivity contribution in [3.05, 3.63) is 58.4 Å². The number of carboxylic acids is 1. The third-order valence-corrected chi connectivity index (χ3v) is 4.12. The lowest BCUT2D eigenvalue weighted by atomic mass is 9.90. The van der Waals surface area contributed by atoms with Crippen LogP contribution in [0.4, 0.5) is 17.6 Å². The van der Waals surface area contributed by atoms with Crippen LogP contribution in [0.5, 0.6) is 0 Å². The van der Waals surface area contributed by atoms with Gasteiger partial charge in [0.15, 0.2) is 0 Å². The van der Waals surface area contributed by atoms with Gasteiger partial charge in [-0.05, 0) is 17.7 Å². The number of rotatable bonds is 3.